The third-order valence-corrected chi connectivity index (χ3v) is 9.51. The minimum absolute atomic E-state index is 0.0568. The van der Waals surface area contributed by atoms with E-state index in [4.69, 9.17) is 14.7 Å². The summed E-state index contributed by atoms with van der Waals surface area (Å²) in [6.07, 6.45) is 2.92. The van der Waals surface area contributed by atoms with Gasteiger partial charge in [0.1, 0.15) is 17.4 Å². The molecule has 1 atom stereocenters. The molecule has 4 aromatic rings. The molecule has 8 nitrogen and oxygen atoms in total. The number of aromatic nitrogens is 2. The van der Waals surface area contributed by atoms with Gasteiger partial charge in [0.15, 0.2) is 0 Å². The van der Waals surface area contributed by atoms with E-state index in [9.17, 15) is 8.42 Å². The number of nitrogens with one attached hydrogen (secondary N) is 1. The Kier molecular flexibility index (Phi) is 9.49. The number of sulfonamides is 1. The molecule has 9 heteroatoms. The van der Waals surface area contributed by atoms with E-state index in [-0.39, 0.29) is 6.04 Å². The molecule has 1 saturated heterocycles. The quantitative estimate of drug-likeness (QED) is 0.223. The van der Waals surface area contributed by atoms with Crippen molar-refractivity contribution in [1.82, 2.24) is 19.2 Å². The molecule has 0 saturated carbocycles. The summed E-state index contributed by atoms with van der Waals surface area (Å²) in [4.78, 5) is 12.4. The summed E-state index contributed by atoms with van der Waals surface area (Å²) in [7, 11) is -3.58. The third kappa shape index (κ3) is 7.04. The van der Waals surface area contributed by atoms with Crippen LogP contribution in [0.5, 0.6) is 5.75 Å². The van der Waals surface area contributed by atoms with Gasteiger partial charge in [-0.2, -0.15) is 4.31 Å². The largest absolute Gasteiger partial charge is 0.494 e. The van der Waals surface area contributed by atoms with E-state index in [1.807, 2.05) is 30.3 Å². The maximum Gasteiger partial charge on any atom is 0.243 e. The number of anilines is 1. The fourth-order valence-corrected chi connectivity index (χ4v) is 6.49. The molecule has 0 aliphatic carbocycles. The minimum atomic E-state index is -3.58. The molecule has 2 heterocycles. The van der Waals surface area contributed by atoms with Crippen molar-refractivity contribution in [2.24, 2.45) is 0 Å². The zero-order chi connectivity index (χ0) is 28.7. The number of piperazine rings is 1. The van der Waals surface area contributed by atoms with Crippen LogP contribution in [0.3, 0.4) is 0 Å². The van der Waals surface area contributed by atoms with Crippen LogP contribution in [0.15, 0.2) is 83.8 Å². The Bertz CT molecular complexity index is 1520. The van der Waals surface area contributed by atoms with Gasteiger partial charge < -0.3 is 10.1 Å². The first-order valence-corrected chi connectivity index (χ1v) is 15.9. The summed E-state index contributed by atoms with van der Waals surface area (Å²) in [6.45, 7) is 7.64. The highest BCUT2D eigenvalue weighted by Gasteiger charge is 2.31. The van der Waals surface area contributed by atoms with Gasteiger partial charge in [0, 0.05) is 38.1 Å². The highest BCUT2D eigenvalue weighted by Crippen LogP contribution is 2.27. The van der Waals surface area contributed by atoms with Crippen molar-refractivity contribution in [3.05, 3.63) is 90.3 Å². The Morgan fingerprint density at radius 1 is 0.902 bits per heavy atom. The molecule has 0 radical (unpaired) electrons. The summed E-state index contributed by atoms with van der Waals surface area (Å²) < 4.78 is 33.9. The Hall–Kier alpha value is -3.53. The van der Waals surface area contributed by atoms with E-state index in [1.165, 1.54) is 5.56 Å². The molecule has 1 aromatic heterocycles. The third-order valence-electron chi connectivity index (χ3n) is 7.59. The summed E-state index contributed by atoms with van der Waals surface area (Å²) in [5.41, 5.74) is 2.17. The highest BCUT2D eigenvalue weighted by molar-refractivity contribution is 7.89. The summed E-state index contributed by atoms with van der Waals surface area (Å²) in [5.74, 6) is 2.26. The molecule has 0 amide bonds. The van der Waals surface area contributed by atoms with Gasteiger partial charge in [-0.1, -0.05) is 55.8 Å². The smallest absolute Gasteiger partial charge is 0.243 e. The Morgan fingerprint density at radius 2 is 1.61 bits per heavy atom. The number of ether oxygens (including phenoxy) is 1. The fourth-order valence-electron chi connectivity index (χ4n) is 5.07. The van der Waals surface area contributed by atoms with Crippen LogP contribution in [0.1, 0.15) is 44.1 Å². The van der Waals surface area contributed by atoms with Crippen molar-refractivity contribution in [1.29, 1.82) is 0 Å². The minimum Gasteiger partial charge on any atom is -0.494 e. The van der Waals surface area contributed by atoms with Crippen molar-refractivity contribution in [2.45, 2.75) is 44.0 Å². The summed E-state index contributed by atoms with van der Waals surface area (Å²) in [6, 6.07) is 25.2. The zero-order valence-corrected chi connectivity index (χ0v) is 24.7. The summed E-state index contributed by atoms with van der Waals surface area (Å²) >= 11 is 0. The zero-order valence-electron chi connectivity index (χ0n) is 23.9. The van der Waals surface area contributed by atoms with Gasteiger partial charge in [-0.15, -0.1) is 0 Å². The van der Waals surface area contributed by atoms with Gasteiger partial charge in [-0.3, -0.25) is 4.90 Å². The van der Waals surface area contributed by atoms with E-state index >= 15 is 0 Å². The average molecular weight is 574 g/mol. The predicted molar refractivity (Wildman–Crippen MR) is 164 cm³/mol. The lowest BCUT2D eigenvalue weighted by molar-refractivity contribution is 0.141. The van der Waals surface area contributed by atoms with Crippen LogP contribution in [0, 0.1) is 0 Å². The highest BCUT2D eigenvalue weighted by atomic mass is 32.2. The van der Waals surface area contributed by atoms with E-state index < -0.39 is 10.0 Å². The number of para-hydroxylation sites is 1. The average Bonchev–Trinajstić information content (AvgIpc) is 3.01. The van der Waals surface area contributed by atoms with Crippen molar-refractivity contribution in [3.8, 4) is 5.75 Å². The van der Waals surface area contributed by atoms with Gasteiger partial charge in [-0.25, -0.2) is 18.4 Å². The molecular formula is C32H39N5O3S. The molecule has 1 fully saturated rings. The standard InChI is InChI=1S/C32H39N5O3S/c1-3-4-24-40-27-14-16-28(17-15-27)41(38,39)37-22-20-36(21-23-37)25(2)31-34-30-13-9-8-12-29(30)32(35-31)33-19-18-26-10-6-5-7-11-26/h5-17,25H,3-4,18-24H2,1-2H3,(H,33,34,35)/t25-/m0/s1. The first-order valence-electron chi connectivity index (χ1n) is 14.5. The number of rotatable bonds is 12. The van der Waals surface area contributed by atoms with Crippen LogP contribution in [0.2, 0.25) is 0 Å². The summed E-state index contributed by atoms with van der Waals surface area (Å²) in [5, 5.41) is 4.53. The Balaban J connectivity index is 1.24. The van der Waals surface area contributed by atoms with Crippen molar-refractivity contribution in [2.75, 3.05) is 44.6 Å². The van der Waals surface area contributed by atoms with Crippen LogP contribution < -0.4 is 10.1 Å². The van der Waals surface area contributed by atoms with Gasteiger partial charge >= 0.3 is 0 Å². The molecular weight excluding hydrogens is 534 g/mol. The first-order chi connectivity index (χ1) is 20.0. The lowest BCUT2D eigenvalue weighted by atomic mass is 10.1. The second-order valence-corrected chi connectivity index (χ2v) is 12.3. The Labute approximate surface area is 243 Å². The van der Waals surface area contributed by atoms with Gasteiger partial charge in [0.2, 0.25) is 10.0 Å². The molecule has 0 unspecified atom stereocenters. The lowest BCUT2D eigenvalue weighted by Gasteiger charge is -2.36. The van der Waals surface area contributed by atoms with E-state index in [0.717, 1.165) is 48.4 Å². The monoisotopic (exact) mass is 573 g/mol. The molecule has 1 aliphatic heterocycles. The number of benzene rings is 3. The molecule has 3 aromatic carbocycles. The maximum absolute atomic E-state index is 13.3. The number of hydrogen-bond donors (Lipinski definition) is 1. The molecule has 0 spiro atoms. The van der Waals surface area contributed by atoms with Gasteiger partial charge in [0.05, 0.1) is 23.1 Å². The lowest BCUT2D eigenvalue weighted by Crippen LogP contribution is -2.49. The topological polar surface area (TPSA) is 87.7 Å². The molecule has 1 aliphatic rings. The van der Waals surface area contributed by atoms with Gasteiger partial charge in [0.25, 0.3) is 0 Å². The normalized spacial score (nSPS) is 15.6. The van der Waals surface area contributed by atoms with Crippen molar-refractivity contribution in [3.63, 3.8) is 0 Å². The SMILES string of the molecule is CCCCOc1ccc(S(=O)(=O)N2CCN([C@@H](C)c3nc(NCCc4ccccc4)c4ccccc4n3)CC2)cc1. The Morgan fingerprint density at radius 3 is 2.34 bits per heavy atom. The molecule has 5 rings (SSSR count). The van der Waals surface area contributed by atoms with Crippen molar-refractivity contribution >= 4 is 26.7 Å². The first kappa shape index (κ1) is 29.0. The molecule has 41 heavy (non-hydrogen) atoms. The number of unbranched alkanes of at least 4 members (excludes halogenated alkanes) is 1. The van der Waals surface area contributed by atoms with Crippen LogP contribution in [0.25, 0.3) is 10.9 Å². The number of nitrogens with zero attached hydrogens (tertiary/aromatic N) is 4. The second kappa shape index (κ2) is 13.4. The molecule has 0 bridgehead atoms. The second-order valence-electron chi connectivity index (χ2n) is 10.4. The van der Waals surface area contributed by atoms with Crippen LogP contribution in [-0.4, -0.2) is 66.9 Å². The van der Waals surface area contributed by atoms with Crippen molar-refractivity contribution < 1.29 is 13.2 Å². The van der Waals surface area contributed by atoms with Gasteiger partial charge in [-0.05, 0) is 61.7 Å². The van der Waals surface area contributed by atoms with E-state index in [2.05, 4.69) is 48.3 Å². The van der Waals surface area contributed by atoms with Crippen LogP contribution >= 0.6 is 0 Å². The van der Waals surface area contributed by atoms with E-state index in [0.29, 0.717) is 43.4 Å². The molecule has 1 N–H and O–H groups in total. The number of hydrogen-bond acceptors (Lipinski definition) is 7. The fraction of sp³-hybridized carbons (Fsp3) is 0.375. The number of fused-ring (bicyclic) bond motifs is 1. The maximum atomic E-state index is 13.3. The van der Waals surface area contributed by atoms with Crippen LogP contribution in [-0.2, 0) is 16.4 Å². The molecule has 216 valence electrons. The van der Waals surface area contributed by atoms with E-state index in [1.54, 1.807) is 28.6 Å². The van der Waals surface area contributed by atoms with Crippen LogP contribution in [0.4, 0.5) is 5.82 Å². The predicted octanol–water partition coefficient (Wildman–Crippen LogP) is 5.53.